The van der Waals surface area contributed by atoms with E-state index in [0.29, 0.717) is 12.5 Å². The molecule has 1 heterocycles. The van der Waals surface area contributed by atoms with Crippen molar-refractivity contribution >= 4 is 5.91 Å². The number of nitrogens with zero attached hydrogens (tertiary/aromatic N) is 1. The molecule has 1 aromatic rings. The summed E-state index contributed by atoms with van der Waals surface area (Å²) in [4.78, 5) is 12.0. The van der Waals surface area contributed by atoms with Gasteiger partial charge in [0.2, 0.25) is 5.91 Å². The van der Waals surface area contributed by atoms with Crippen LogP contribution in [0.25, 0.3) is 0 Å². The fourth-order valence-corrected chi connectivity index (χ4v) is 2.91. The average molecular weight is 230 g/mol. The van der Waals surface area contributed by atoms with Crippen molar-refractivity contribution in [1.29, 1.82) is 0 Å². The zero-order chi connectivity index (χ0) is 11.7. The lowest BCUT2D eigenvalue weighted by Crippen LogP contribution is -2.42. The van der Waals surface area contributed by atoms with E-state index in [-0.39, 0.29) is 11.9 Å². The van der Waals surface area contributed by atoms with Gasteiger partial charge in [0, 0.05) is 12.5 Å². The number of hydrogen-bond donors (Lipinski definition) is 1. The fourth-order valence-electron chi connectivity index (χ4n) is 2.91. The van der Waals surface area contributed by atoms with Gasteiger partial charge in [0.05, 0.1) is 6.04 Å². The summed E-state index contributed by atoms with van der Waals surface area (Å²) in [6.45, 7) is 0. The number of amides is 1. The smallest absolute Gasteiger partial charge is 0.238 e. The number of hydrazine groups is 1. The highest BCUT2D eigenvalue weighted by atomic mass is 16.2. The van der Waals surface area contributed by atoms with Crippen LogP contribution in [0.5, 0.6) is 0 Å². The summed E-state index contributed by atoms with van der Waals surface area (Å²) in [7, 11) is 0. The van der Waals surface area contributed by atoms with Crippen LogP contribution < -0.4 is 5.43 Å². The minimum Gasteiger partial charge on any atom is -0.274 e. The Hall–Kier alpha value is -1.35. The Morgan fingerprint density at radius 3 is 2.53 bits per heavy atom. The molecule has 1 atom stereocenters. The SMILES string of the molecule is O=C1CC(c2ccccc2)NN1C1CCCC1. The molecule has 2 aliphatic rings. The van der Waals surface area contributed by atoms with Gasteiger partial charge in [-0.1, -0.05) is 43.2 Å². The zero-order valence-electron chi connectivity index (χ0n) is 9.93. The quantitative estimate of drug-likeness (QED) is 0.846. The van der Waals surface area contributed by atoms with Crippen LogP contribution in [0, 0.1) is 0 Å². The fraction of sp³-hybridized carbons (Fsp3) is 0.500. The second kappa shape index (κ2) is 4.49. The number of rotatable bonds is 2. The average Bonchev–Trinajstić information content (AvgIpc) is 2.99. The predicted octanol–water partition coefficient (Wildman–Crippen LogP) is 2.41. The van der Waals surface area contributed by atoms with Gasteiger partial charge in [-0.25, -0.2) is 5.43 Å². The number of carbonyl (C=O) groups excluding carboxylic acids is 1. The van der Waals surface area contributed by atoms with Gasteiger partial charge in [-0.15, -0.1) is 0 Å². The van der Waals surface area contributed by atoms with Crippen molar-refractivity contribution in [2.24, 2.45) is 0 Å². The van der Waals surface area contributed by atoms with Gasteiger partial charge >= 0.3 is 0 Å². The first-order valence-corrected chi connectivity index (χ1v) is 6.48. The van der Waals surface area contributed by atoms with E-state index >= 15 is 0 Å². The highest BCUT2D eigenvalue weighted by molar-refractivity contribution is 5.79. The van der Waals surface area contributed by atoms with Crippen LogP contribution in [0.3, 0.4) is 0 Å². The summed E-state index contributed by atoms with van der Waals surface area (Å²) in [5.41, 5.74) is 4.59. The first-order valence-electron chi connectivity index (χ1n) is 6.48. The van der Waals surface area contributed by atoms with Gasteiger partial charge in [0.25, 0.3) is 0 Å². The maximum atomic E-state index is 12.0. The first kappa shape index (κ1) is 10.8. The normalized spacial score (nSPS) is 25.8. The van der Waals surface area contributed by atoms with Crippen molar-refractivity contribution in [2.75, 3.05) is 0 Å². The lowest BCUT2D eigenvalue weighted by molar-refractivity contribution is -0.131. The summed E-state index contributed by atoms with van der Waals surface area (Å²) in [5, 5.41) is 1.89. The van der Waals surface area contributed by atoms with E-state index in [4.69, 9.17) is 0 Å². The third-order valence-electron chi connectivity index (χ3n) is 3.83. The molecule has 1 saturated carbocycles. The highest BCUT2D eigenvalue weighted by Crippen LogP contribution is 2.30. The van der Waals surface area contributed by atoms with Crippen molar-refractivity contribution in [1.82, 2.24) is 10.4 Å². The largest absolute Gasteiger partial charge is 0.274 e. The van der Waals surface area contributed by atoms with Crippen molar-refractivity contribution < 1.29 is 4.79 Å². The van der Waals surface area contributed by atoms with Crippen molar-refractivity contribution in [3.05, 3.63) is 35.9 Å². The molecule has 3 nitrogen and oxygen atoms in total. The van der Waals surface area contributed by atoms with Gasteiger partial charge < -0.3 is 0 Å². The van der Waals surface area contributed by atoms with Crippen LogP contribution in [0.2, 0.25) is 0 Å². The molecule has 0 aromatic heterocycles. The van der Waals surface area contributed by atoms with Crippen LogP contribution in [0.4, 0.5) is 0 Å². The molecule has 0 bridgehead atoms. The number of hydrogen-bond acceptors (Lipinski definition) is 2. The van der Waals surface area contributed by atoms with E-state index < -0.39 is 0 Å². The van der Waals surface area contributed by atoms with Crippen LogP contribution in [-0.2, 0) is 4.79 Å². The van der Waals surface area contributed by atoms with E-state index in [0.717, 1.165) is 12.8 Å². The Bertz CT molecular complexity index is 398. The monoisotopic (exact) mass is 230 g/mol. The molecule has 1 aromatic carbocycles. The second-order valence-corrected chi connectivity index (χ2v) is 5.00. The van der Waals surface area contributed by atoms with Gasteiger partial charge in [-0.05, 0) is 18.4 Å². The molecular formula is C14H18N2O. The number of benzene rings is 1. The van der Waals surface area contributed by atoms with Gasteiger partial charge in [-0.2, -0.15) is 0 Å². The lowest BCUT2D eigenvalue weighted by Gasteiger charge is -2.24. The summed E-state index contributed by atoms with van der Waals surface area (Å²) >= 11 is 0. The first-order chi connectivity index (χ1) is 8.34. The molecule has 1 unspecified atom stereocenters. The molecule has 1 saturated heterocycles. The molecule has 1 aliphatic heterocycles. The van der Waals surface area contributed by atoms with Crippen molar-refractivity contribution in [2.45, 2.75) is 44.2 Å². The van der Waals surface area contributed by atoms with Crippen molar-refractivity contribution in [3.63, 3.8) is 0 Å². The van der Waals surface area contributed by atoms with Crippen LogP contribution >= 0.6 is 0 Å². The minimum absolute atomic E-state index is 0.171. The molecule has 1 amide bonds. The summed E-state index contributed by atoms with van der Waals surface area (Å²) < 4.78 is 0. The lowest BCUT2D eigenvalue weighted by atomic mass is 10.1. The third-order valence-corrected chi connectivity index (χ3v) is 3.83. The summed E-state index contributed by atoms with van der Waals surface area (Å²) in [5.74, 6) is 0.255. The van der Waals surface area contributed by atoms with Crippen LogP contribution in [0.1, 0.15) is 43.7 Å². The van der Waals surface area contributed by atoms with E-state index in [1.165, 1.54) is 18.4 Å². The molecule has 3 rings (SSSR count). The van der Waals surface area contributed by atoms with Crippen molar-refractivity contribution in [3.8, 4) is 0 Å². The zero-order valence-corrected chi connectivity index (χ0v) is 9.93. The predicted molar refractivity (Wildman–Crippen MR) is 66.0 cm³/mol. The topological polar surface area (TPSA) is 32.3 Å². The van der Waals surface area contributed by atoms with E-state index in [1.807, 2.05) is 23.2 Å². The van der Waals surface area contributed by atoms with Gasteiger partial charge in [0.1, 0.15) is 0 Å². The third kappa shape index (κ3) is 2.07. The molecule has 1 aliphatic carbocycles. The Kier molecular flexibility index (Phi) is 2.85. The maximum absolute atomic E-state index is 12.0. The highest BCUT2D eigenvalue weighted by Gasteiger charge is 2.35. The molecule has 17 heavy (non-hydrogen) atoms. The molecule has 3 heteroatoms. The molecule has 1 N–H and O–H groups in total. The Morgan fingerprint density at radius 1 is 1.12 bits per heavy atom. The second-order valence-electron chi connectivity index (χ2n) is 5.00. The number of nitrogens with one attached hydrogen (secondary N) is 1. The van der Waals surface area contributed by atoms with Gasteiger partial charge in [0.15, 0.2) is 0 Å². The van der Waals surface area contributed by atoms with E-state index in [1.54, 1.807) is 0 Å². The summed E-state index contributed by atoms with van der Waals surface area (Å²) in [6, 6.07) is 10.8. The van der Waals surface area contributed by atoms with E-state index in [2.05, 4.69) is 17.6 Å². The van der Waals surface area contributed by atoms with E-state index in [9.17, 15) is 4.79 Å². The molecule has 2 fully saturated rings. The standard InChI is InChI=1S/C14H18N2O/c17-14-10-13(11-6-2-1-3-7-11)15-16(14)12-8-4-5-9-12/h1-3,6-7,12-13,15H,4-5,8-10H2. The molecule has 0 radical (unpaired) electrons. The van der Waals surface area contributed by atoms with Crippen LogP contribution in [-0.4, -0.2) is 17.0 Å². The molecule has 90 valence electrons. The minimum atomic E-state index is 0.171. The Balaban J connectivity index is 1.73. The maximum Gasteiger partial charge on any atom is 0.238 e. The Labute approximate surface area is 102 Å². The van der Waals surface area contributed by atoms with Gasteiger partial charge in [-0.3, -0.25) is 9.80 Å². The Morgan fingerprint density at radius 2 is 1.82 bits per heavy atom. The molecular weight excluding hydrogens is 212 g/mol. The van der Waals surface area contributed by atoms with Crippen LogP contribution in [0.15, 0.2) is 30.3 Å². The number of carbonyl (C=O) groups is 1. The molecule has 0 spiro atoms. The summed E-state index contributed by atoms with van der Waals surface area (Å²) in [6.07, 6.45) is 5.42.